The molecule has 2 rings (SSSR count). The number of hydrogen-bond donors (Lipinski definition) is 1. The first kappa shape index (κ1) is 19.0. The molecule has 0 bridgehead atoms. The van der Waals surface area contributed by atoms with Crippen molar-refractivity contribution in [3.05, 3.63) is 59.2 Å². The molecule has 0 spiro atoms. The van der Waals surface area contributed by atoms with Crippen molar-refractivity contribution in [1.29, 1.82) is 0 Å². The number of hydrazone groups is 1. The average molecular weight is 360 g/mol. The van der Waals surface area contributed by atoms with Gasteiger partial charge in [-0.25, -0.2) is 4.83 Å². The van der Waals surface area contributed by atoms with Gasteiger partial charge in [-0.05, 0) is 61.2 Å². The Labute approximate surface area is 149 Å². The Morgan fingerprint density at radius 3 is 2.40 bits per heavy atom. The van der Waals surface area contributed by atoms with Crippen LogP contribution in [0.25, 0.3) is 0 Å². The van der Waals surface area contributed by atoms with Crippen LogP contribution in [0.15, 0.2) is 52.5 Å². The number of nitrogens with one attached hydrogen (secondary N) is 1. The smallest absolute Gasteiger partial charge is 0.276 e. The van der Waals surface area contributed by atoms with Gasteiger partial charge in [0.15, 0.2) is 0 Å². The number of benzene rings is 2. The van der Waals surface area contributed by atoms with E-state index in [0.29, 0.717) is 18.1 Å². The molecular formula is C19H24N2O3S. The van der Waals surface area contributed by atoms with E-state index in [-0.39, 0.29) is 4.90 Å². The van der Waals surface area contributed by atoms with E-state index < -0.39 is 10.0 Å². The highest BCUT2D eigenvalue weighted by atomic mass is 32.2. The molecule has 0 aliphatic rings. The van der Waals surface area contributed by atoms with Crippen molar-refractivity contribution in [2.24, 2.45) is 11.0 Å². The zero-order valence-corrected chi connectivity index (χ0v) is 15.8. The van der Waals surface area contributed by atoms with Crippen LogP contribution in [0.5, 0.6) is 5.75 Å². The summed E-state index contributed by atoms with van der Waals surface area (Å²) >= 11 is 0. The predicted molar refractivity (Wildman–Crippen MR) is 101 cm³/mol. The molecule has 0 atom stereocenters. The standard InChI is InChI=1S/C19H24N2O3S/c1-14(2)13-24-18-8-6-17(7-9-18)12-20-21-25(22,23)19-10-5-15(3)11-16(19)4/h5-12,14,21H,13H2,1-4H3/b20-12+. The first-order valence-corrected chi connectivity index (χ1v) is 9.61. The fourth-order valence-electron chi connectivity index (χ4n) is 2.23. The minimum atomic E-state index is -3.68. The average Bonchev–Trinajstić information content (AvgIpc) is 2.53. The highest BCUT2D eigenvalue weighted by molar-refractivity contribution is 7.89. The van der Waals surface area contributed by atoms with E-state index in [2.05, 4.69) is 23.8 Å². The van der Waals surface area contributed by atoms with E-state index in [4.69, 9.17) is 4.74 Å². The lowest BCUT2D eigenvalue weighted by atomic mass is 10.2. The second-order valence-electron chi connectivity index (χ2n) is 6.40. The van der Waals surface area contributed by atoms with Crippen molar-refractivity contribution in [2.75, 3.05) is 6.61 Å². The van der Waals surface area contributed by atoms with Gasteiger partial charge in [0.25, 0.3) is 10.0 Å². The number of ether oxygens (including phenoxy) is 1. The predicted octanol–water partition coefficient (Wildman–Crippen LogP) is 3.65. The zero-order valence-electron chi connectivity index (χ0n) is 15.0. The van der Waals surface area contributed by atoms with Gasteiger partial charge in [-0.3, -0.25) is 0 Å². The molecule has 0 radical (unpaired) electrons. The minimum absolute atomic E-state index is 0.229. The van der Waals surface area contributed by atoms with E-state index in [1.807, 2.05) is 37.3 Å². The Kier molecular flexibility index (Phi) is 6.20. The van der Waals surface area contributed by atoms with Crippen molar-refractivity contribution < 1.29 is 13.2 Å². The van der Waals surface area contributed by atoms with E-state index >= 15 is 0 Å². The fraction of sp³-hybridized carbons (Fsp3) is 0.316. The molecule has 25 heavy (non-hydrogen) atoms. The Balaban J connectivity index is 2.02. The summed E-state index contributed by atoms with van der Waals surface area (Å²) in [6, 6.07) is 12.5. The van der Waals surface area contributed by atoms with Crippen molar-refractivity contribution in [3.63, 3.8) is 0 Å². The maximum Gasteiger partial charge on any atom is 0.276 e. The van der Waals surface area contributed by atoms with Crippen molar-refractivity contribution in [3.8, 4) is 5.75 Å². The van der Waals surface area contributed by atoms with Crippen molar-refractivity contribution in [1.82, 2.24) is 4.83 Å². The summed E-state index contributed by atoms with van der Waals surface area (Å²) in [5.74, 6) is 1.24. The van der Waals surface area contributed by atoms with Crippen LogP contribution in [-0.4, -0.2) is 21.2 Å². The van der Waals surface area contributed by atoms with Crippen LogP contribution in [0.2, 0.25) is 0 Å². The second kappa shape index (κ2) is 8.16. The molecule has 2 aromatic rings. The molecule has 5 nitrogen and oxygen atoms in total. The molecule has 0 amide bonds. The van der Waals surface area contributed by atoms with E-state index in [1.165, 1.54) is 6.21 Å². The molecule has 134 valence electrons. The lowest BCUT2D eigenvalue weighted by Gasteiger charge is -2.08. The normalized spacial score (nSPS) is 11.9. The van der Waals surface area contributed by atoms with Gasteiger partial charge >= 0.3 is 0 Å². The lowest BCUT2D eigenvalue weighted by molar-refractivity contribution is 0.271. The third-order valence-corrected chi connectivity index (χ3v) is 4.85. The van der Waals surface area contributed by atoms with Crippen molar-refractivity contribution >= 4 is 16.2 Å². The summed E-state index contributed by atoms with van der Waals surface area (Å²) < 4.78 is 30.2. The van der Waals surface area contributed by atoms with Gasteiger partial charge in [-0.1, -0.05) is 31.5 Å². The first-order valence-electron chi connectivity index (χ1n) is 8.13. The number of sulfonamides is 1. The Morgan fingerprint density at radius 2 is 1.80 bits per heavy atom. The molecule has 1 N–H and O–H groups in total. The van der Waals surface area contributed by atoms with Crippen LogP contribution in [0.4, 0.5) is 0 Å². The number of aryl methyl sites for hydroxylation is 2. The van der Waals surface area contributed by atoms with Gasteiger partial charge in [0.05, 0.1) is 17.7 Å². The summed E-state index contributed by atoms with van der Waals surface area (Å²) in [4.78, 5) is 2.48. The van der Waals surface area contributed by atoms with E-state index in [1.54, 1.807) is 19.1 Å². The maximum atomic E-state index is 12.3. The quantitative estimate of drug-likeness (QED) is 0.605. The SMILES string of the molecule is Cc1ccc(S(=O)(=O)N/N=C/c2ccc(OCC(C)C)cc2)c(C)c1. The van der Waals surface area contributed by atoms with Crippen LogP contribution in [-0.2, 0) is 10.0 Å². The lowest BCUT2D eigenvalue weighted by Crippen LogP contribution is -2.19. The molecule has 0 saturated carbocycles. The molecule has 0 aliphatic heterocycles. The molecular weight excluding hydrogens is 336 g/mol. The topological polar surface area (TPSA) is 67.8 Å². The molecule has 0 aliphatic carbocycles. The zero-order chi connectivity index (χ0) is 18.4. The molecule has 0 fully saturated rings. The summed E-state index contributed by atoms with van der Waals surface area (Å²) in [5, 5.41) is 3.85. The largest absolute Gasteiger partial charge is 0.493 e. The minimum Gasteiger partial charge on any atom is -0.493 e. The van der Waals surface area contributed by atoms with Crippen LogP contribution in [0.1, 0.15) is 30.5 Å². The van der Waals surface area contributed by atoms with Gasteiger partial charge in [-0.15, -0.1) is 0 Å². The van der Waals surface area contributed by atoms with Crippen LogP contribution >= 0.6 is 0 Å². The second-order valence-corrected chi connectivity index (χ2v) is 8.03. The van der Waals surface area contributed by atoms with E-state index in [9.17, 15) is 8.42 Å². The molecule has 0 saturated heterocycles. The van der Waals surface area contributed by atoms with Gasteiger partial charge in [0.1, 0.15) is 5.75 Å². The van der Waals surface area contributed by atoms with Crippen LogP contribution < -0.4 is 9.57 Å². The molecule has 0 heterocycles. The van der Waals surface area contributed by atoms with Gasteiger partial charge < -0.3 is 4.74 Å². The Bertz CT molecular complexity index is 841. The fourth-order valence-corrected chi connectivity index (χ4v) is 3.25. The molecule has 2 aromatic carbocycles. The van der Waals surface area contributed by atoms with Gasteiger partial charge in [-0.2, -0.15) is 13.5 Å². The number of hydrogen-bond acceptors (Lipinski definition) is 4. The van der Waals surface area contributed by atoms with Crippen LogP contribution in [0.3, 0.4) is 0 Å². The summed E-state index contributed by atoms with van der Waals surface area (Å²) in [6.07, 6.45) is 1.47. The van der Waals surface area contributed by atoms with Gasteiger partial charge in [0, 0.05) is 0 Å². The first-order chi connectivity index (χ1) is 11.8. The number of rotatable bonds is 7. The summed E-state index contributed by atoms with van der Waals surface area (Å²) in [7, 11) is -3.68. The third-order valence-electron chi connectivity index (χ3n) is 3.47. The molecule has 0 aromatic heterocycles. The summed E-state index contributed by atoms with van der Waals surface area (Å²) in [6.45, 7) is 8.51. The highest BCUT2D eigenvalue weighted by Crippen LogP contribution is 2.16. The Hall–Kier alpha value is -2.34. The molecule has 0 unspecified atom stereocenters. The summed E-state index contributed by atoms with van der Waals surface area (Å²) in [5.41, 5.74) is 2.48. The number of nitrogens with zero attached hydrogens (tertiary/aromatic N) is 1. The van der Waals surface area contributed by atoms with Crippen LogP contribution in [0, 0.1) is 19.8 Å². The maximum absolute atomic E-state index is 12.3. The highest BCUT2D eigenvalue weighted by Gasteiger charge is 2.15. The monoisotopic (exact) mass is 360 g/mol. The molecule has 6 heteroatoms. The van der Waals surface area contributed by atoms with Crippen molar-refractivity contribution in [2.45, 2.75) is 32.6 Å². The Morgan fingerprint density at radius 1 is 1.12 bits per heavy atom. The third kappa shape index (κ3) is 5.60. The van der Waals surface area contributed by atoms with E-state index in [0.717, 1.165) is 16.9 Å². The van der Waals surface area contributed by atoms with Gasteiger partial charge in [0.2, 0.25) is 0 Å².